The van der Waals surface area contributed by atoms with Crippen molar-refractivity contribution in [3.05, 3.63) is 15.6 Å². The fourth-order valence-corrected chi connectivity index (χ4v) is 3.47. The zero-order valence-corrected chi connectivity index (χ0v) is 13.2. The van der Waals surface area contributed by atoms with Crippen LogP contribution in [-0.4, -0.2) is 43.7 Å². The Labute approximate surface area is 127 Å². The molecule has 0 bridgehead atoms. The zero-order valence-electron chi connectivity index (χ0n) is 12.4. The number of carbonyl (C=O) groups is 2. The maximum absolute atomic E-state index is 12.0. The molecule has 1 aliphatic rings. The van der Waals surface area contributed by atoms with Crippen LogP contribution in [-0.2, 0) is 19.8 Å². The predicted molar refractivity (Wildman–Crippen MR) is 76.8 cm³/mol. The molecule has 116 valence electrons. The molecule has 0 aromatic carbocycles. The van der Waals surface area contributed by atoms with E-state index in [1.807, 2.05) is 0 Å². The van der Waals surface area contributed by atoms with Crippen molar-refractivity contribution in [2.45, 2.75) is 32.3 Å². The molecule has 0 aliphatic carbocycles. The lowest BCUT2D eigenvalue weighted by Crippen LogP contribution is -2.35. The first-order chi connectivity index (χ1) is 10.0. The Morgan fingerprint density at radius 1 is 1.38 bits per heavy atom. The molecular formula is C14H19NO5S. The zero-order chi connectivity index (χ0) is 15.5. The molecule has 0 unspecified atom stereocenters. The molecule has 2 heterocycles. The third-order valence-electron chi connectivity index (χ3n) is 3.50. The Hall–Kier alpha value is -1.31. The summed E-state index contributed by atoms with van der Waals surface area (Å²) in [6, 6.07) is 0. The van der Waals surface area contributed by atoms with Gasteiger partial charge in [0.25, 0.3) is 0 Å². The van der Waals surface area contributed by atoms with E-state index in [1.165, 1.54) is 18.3 Å². The maximum Gasteiger partial charge on any atom is 0.358 e. The number of ether oxygens (including phenoxy) is 3. The molecule has 6 nitrogen and oxygen atoms in total. The first-order valence-electron chi connectivity index (χ1n) is 6.86. The summed E-state index contributed by atoms with van der Waals surface area (Å²) in [7, 11) is 1.62. The number of aromatic nitrogens is 1. The van der Waals surface area contributed by atoms with Crippen LogP contribution in [0.15, 0.2) is 0 Å². The Balaban J connectivity index is 2.42. The van der Waals surface area contributed by atoms with E-state index in [2.05, 4.69) is 4.98 Å². The van der Waals surface area contributed by atoms with E-state index in [0.29, 0.717) is 35.9 Å². The minimum Gasteiger partial charge on any atom is -0.461 e. The largest absolute Gasteiger partial charge is 0.461 e. The summed E-state index contributed by atoms with van der Waals surface area (Å²) in [5.74, 6) is -0.761. The summed E-state index contributed by atoms with van der Waals surface area (Å²) in [4.78, 5) is 28.4. The average Bonchev–Trinajstić information content (AvgIpc) is 2.94. The highest BCUT2D eigenvalue weighted by atomic mass is 32.1. The second-order valence-electron chi connectivity index (χ2n) is 4.78. The van der Waals surface area contributed by atoms with Gasteiger partial charge in [-0.15, -0.1) is 11.3 Å². The molecule has 1 fully saturated rings. The number of methoxy groups -OCH3 is 1. The van der Waals surface area contributed by atoms with E-state index in [0.717, 1.165) is 0 Å². The van der Waals surface area contributed by atoms with Crippen LogP contribution in [0.25, 0.3) is 0 Å². The quantitative estimate of drug-likeness (QED) is 0.612. The van der Waals surface area contributed by atoms with Gasteiger partial charge in [0.05, 0.1) is 6.61 Å². The van der Waals surface area contributed by atoms with Crippen molar-refractivity contribution >= 4 is 23.1 Å². The normalized spacial score (nSPS) is 17.5. The smallest absolute Gasteiger partial charge is 0.358 e. The second kappa shape index (κ2) is 6.64. The highest BCUT2D eigenvalue weighted by Crippen LogP contribution is 2.39. The number of ketones is 1. The van der Waals surface area contributed by atoms with E-state index in [4.69, 9.17) is 14.2 Å². The van der Waals surface area contributed by atoms with Gasteiger partial charge >= 0.3 is 5.97 Å². The van der Waals surface area contributed by atoms with Gasteiger partial charge in [-0.25, -0.2) is 9.78 Å². The van der Waals surface area contributed by atoms with Gasteiger partial charge in [0.15, 0.2) is 11.5 Å². The topological polar surface area (TPSA) is 74.7 Å². The van der Waals surface area contributed by atoms with Crippen molar-refractivity contribution < 1.29 is 23.8 Å². The van der Waals surface area contributed by atoms with Crippen molar-refractivity contribution in [3.8, 4) is 0 Å². The summed E-state index contributed by atoms with van der Waals surface area (Å²) in [6.07, 6.45) is 1.30. The van der Waals surface area contributed by atoms with Crippen LogP contribution >= 0.6 is 11.3 Å². The number of nitrogens with zero attached hydrogens (tertiary/aromatic N) is 1. The molecule has 21 heavy (non-hydrogen) atoms. The molecule has 0 radical (unpaired) electrons. The van der Waals surface area contributed by atoms with E-state index < -0.39 is 11.6 Å². The summed E-state index contributed by atoms with van der Waals surface area (Å²) in [6.45, 7) is 4.51. The molecular weight excluding hydrogens is 294 g/mol. The number of Topliss-reactive ketones (excluding diaryl/α,β-unsaturated/α-hetero) is 1. The van der Waals surface area contributed by atoms with Crippen molar-refractivity contribution in [1.82, 2.24) is 4.98 Å². The van der Waals surface area contributed by atoms with Crippen LogP contribution < -0.4 is 0 Å². The lowest BCUT2D eigenvalue weighted by molar-refractivity contribution is -0.0948. The first-order valence-corrected chi connectivity index (χ1v) is 7.68. The fourth-order valence-electron chi connectivity index (χ4n) is 2.30. The molecule has 1 saturated heterocycles. The van der Waals surface area contributed by atoms with Gasteiger partial charge in [-0.05, 0) is 6.92 Å². The molecule has 1 aromatic heterocycles. The van der Waals surface area contributed by atoms with E-state index in [1.54, 1.807) is 14.0 Å². The second-order valence-corrected chi connectivity index (χ2v) is 5.78. The fraction of sp³-hybridized carbons (Fsp3) is 0.643. The third-order valence-corrected chi connectivity index (χ3v) is 4.84. The van der Waals surface area contributed by atoms with Crippen LogP contribution in [0.5, 0.6) is 0 Å². The Morgan fingerprint density at radius 3 is 2.57 bits per heavy atom. The number of carbonyl (C=O) groups excluding carboxylic acids is 2. The van der Waals surface area contributed by atoms with Gasteiger partial charge in [0.2, 0.25) is 0 Å². The standard InChI is InChI=1S/C14H19NO5S/c1-4-20-12(17)10-11(9(2)16)21-13(15-10)14(18-3)5-7-19-8-6-14/h4-8H2,1-3H3. The summed E-state index contributed by atoms with van der Waals surface area (Å²) in [5.41, 5.74) is -0.495. The number of hydrogen-bond acceptors (Lipinski definition) is 7. The van der Waals surface area contributed by atoms with Crippen LogP contribution in [0.4, 0.5) is 0 Å². The monoisotopic (exact) mass is 313 g/mol. The highest BCUT2D eigenvalue weighted by molar-refractivity contribution is 7.14. The van der Waals surface area contributed by atoms with Gasteiger partial charge in [-0.1, -0.05) is 0 Å². The molecule has 1 aromatic rings. The number of hydrogen-bond donors (Lipinski definition) is 0. The molecule has 0 spiro atoms. The van der Waals surface area contributed by atoms with Gasteiger partial charge < -0.3 is 14.2 Å². The number of esters is 1. The van der Waals surface area contributed by atoms with Crippen LogP contribution in [0.3, 0.4) is 0 Å². The minimum absolute atomic E-state index is 0.0901. The van der Waals surface area contributed by atoms with E-state index >= 15 is 0 Å². The lowest BCUT2D eigenvalue weighted by atomic mass is 9.95. The van der Waals surface area contributed by atoms with Crippen molar-refractivity contribution in [3.63, 3.8) is 0 Å². The predicted octanol–water partition coefficient (Wildman–Crippen LogP) is 2.17. The van der Waals surface area contributed by atoms with Gasteiger partial charge in [0, 0.05) is 40.1 Å². The molecule has 0 atom stereocenters. The van der Waals surface area contributed by atoms with E-state index in [9.17, 15) is 9.59 Å². The summed E-state index contributed by atoms with van der Waals surface area (Å²) < 4.78 is 16.0. The van der Waals surface area contributed by atoms with Crippen LogP contribution in [0.2, 0.25) is 0 Å². The van der Waals surface area contributed by atoms with Gasteiger partial charge in [-0.2, -0.15) is 0 Å². The van der Waals surface area contributed by atoms with Crippen LogP contribution in [0, 0.1) is 0 Å². The SMILES string of the molecule is CCOC(=O)c1nc(C2(OC)CCOCC2)sc1C(C)=O. The van der Waals surface area contributed by atoms with Crippen LogP contribution in [0.1, 0.15) is 51.9 Å². The molecule has 0 saturated carbocycles. The molecule has 1 aliphatic heterocycles. The Kier molecular flexibility index (Phi) is 5.08. The first kappa shape index (κ1) is 16.1. The number of thiazole rings is 1. The van der Waals surface area contributed by atoms with Gasteiger partial charge in [0.1, 0.15) is 15.5 Å². The Morgan fingerprint density at radius 2 is 2.05 bits per heavy atom. The van der Waals surface area contributed by atoms with Crippen molar-refractivity contribution in [2.24, 2.45) is 0 Å². The average molecular weight is 313 g/mol. The minimum atomic E-state index is -0.585. The number of rotatable bonds is 5. The molecule has 7 heteroatoms. The summed E-state index contributed by atoms with van der Waals surface area (Å²) >= 11 is 1.21. The van der Waals surface area contributed by atoms with Crippen molar-refractivity contribution in [1.29, 1.82) is 0 Å². The highest BCUT2D eigenvalue weighted by Gasteiger charge is 2.39. The third kappa shape index (κ3) is 3.14. The molecule has 0 amide bonds. The summed E-state index contributed by atoms with van der Waals surface area (Å²) in [5, 5.41) is 0.640. The van der Waals surface area contributed by atoms with Gasteiger partial charge in [-0.3, -0.25) is 4.79 Å². The Bertz CT molecular complexity index is 533. The molecule has 0 N–H and O–H groups in total. The lowest BCUT2D eigenvalue weighted by Gasteiger charge is -2.33. The molecule has 2 rings (SSSR count). The maximum atomic E-state index is 12.0. The van der Waals surface area contributed by atoms with Crippen molar-refractivity contribution in [2.75, 3.05) is 26.9 Å². The van der Waals surface area contributed by atoms with E-state index in [-0.39, 0.29) is 18.1 Å².